The smallest absolute Gasteiger partial charge is 0.390 e. The third-order valence-electron chi connectivity index (χ3n) is 2.36. The van der Waals surface area contributed by atoms with Gasteiger partial charge >= 0.3 is 6.18 Å². The standard InChI is InChI=1S/C9H9F3N4OS/c1-4-5(2)18-8(13-4)16-7(9(10,11)12)6(3-17)14-15-16/h17H,3H2,1-2H3. The Bertz CT molecular complexity index is 555. The Morgan fingerprint density at radius 2 is 2.00 bits per heavy atom. The van der Waals surface area contributed by atoms with Crippen LogP contribution in [0.4, 0.5) is 13.2 Å². The van der Waals surface area contributed by atoms with E-state index >= 15 is 0 Å². The van der Waals surface area contributed by atoms with Crippen molar-refractivity contribution in [3.05, 3.63) is 22.0 Å². The van der Waals surface area contributed by atoms with Crippen LogP contribution in [0, 0.1) is 13.8 Å². The summed E-state index contributed by atoms with van der Waals surface area (Å²) >= 11 is 1.09. The van der Waals surface area contributed by atoms with Crippen molar-refractivity contribution in [2.24, 2.45) is 0 Å². The van der Waals surface area contributed by atoms with Gasteiger partial charge in [0.25, 0.3) is 0 Å². The van der Waals surface area contributed by atoms with Gasteiger partial charge in [0, 0.05) is 4.88 Å². The van der Waals surface area contributed by atoms with Crippen molar-refractivity contribution in [3.8, 4) is 5.13 Å². The molecule has 0 saturated carbocycles. The monoisotopic (exact) mass is 278 g/mol. The van der Waals surface area contributed by atoms with Gasteiger partial charge in [-0.05, 0) is 13.8 Å². The Morgan fingerprint density at radius 1 is 1.33 bits per heavy atom. The number of aromatic nitrogens is 4. The summed E-state index contributed by atoms with van der Waals surface area (Å²) in [7, 11) is 0. The minimum Gasteiger partial charge on any atom is -0.390 e. The zero-order valence-corrected chi connectivity index (χ0v) is 10.3. The highest BCUT2D eigenvalue weighted by Crippen LogP contribution is 2.33. The summed E-state index contributed by atoms with van der Waals surface area (Å²) in [5.74, 6) is 0. The van der Waals surface area contributed by atoms with E-state index in [1.54, 1.807) is 13.8 Å². The maximum absolute atomic E-state index is 12.9. The second-order valence-electron chi connectivity index (χ2n) is 3.59. The number of hydrogen-bond donors (Lipinski definition) is 1. The third-order valence-corrected chi connectivity index (χ3v) is 3.41. The molecule has 98 valence electrons. The van der Waals surface area contributed by atoms with Crippen molar-refractivity contribution >= 4 is 11.3 Å². The Balaban J connectivity index is 2.61. The van der Waals surface area contributed by atoms with Crippen LogP contribution in [0.3, 0.4) is 0 Å². The van der Waals surface area contributed by atoms with Crippen molar-refractivity contribution in [2.45, 2.75) is 26.6 Å². The number of rotatable bonds is 2. The minimum absolute atomic E-state index is 0.0875. The first kappa shape index (κ1) is 13.0. The number of aliphatic hydroxyl groups excluding tert-OH is 1. The minimum atomic E-state index is -4.64. The molecule has 0 saturated heterocycles. The van der Waals surface area contributed by atoms with Crippen molar-refractivity contribution < 1.29 is 18.3 Å². The van der Waals surface area contributed by atoms with E-state index in [0.29, 0.717) is 10.4 Å². The molecule has 2 rings (SSSR count). The largest absolute Gasteiger partial charge is 0.435 e. The molecular formula is C9H9F3N4OS. The first-order chi connectivity index (χ1) is 8.34. The second-order valence-corrected chi connectivity index (χ2v) is 4.77. The Labute approximate surface area is 104 Å². The maximum Gasteiger partial charge on any atom is 0.435 e. The molecule has 0 aromatic carbocycles. The highest BCUT2D eigenvalue weighted by atomic mass is 32.1. The summed E-state index contributed by atoms with van der Waals surface area (Å²) in [6, 6.07) is 0. The first-order valence-electron chi connectivity index (χ1n) is 4.91. The van der Waals surface area contributed by atoms with Crippen LogP contribution in [0.5, 0.6) is 0 Å². The molecule has 0 amide bonds. The normalized spacial score (nSPS) is 12.1. The molecule has 0 radical (unpaired) electrons. The SMILES string of the molecule is Cc1nc(-n2nnc(CO)c2C(F)(F)F)sc1C. The van der Waals surface area contributed by atoms with Crippen LogP contribution in [-0.4, -0.2) is 25.1 Å². The van der Waals surface area contributed by atoms with Gasteiger partial charge in [-0.15, -0.1) is 5.10 Å². The number of alkyl halides is 3. The third kappa shape index (κ3) is 2.10. The van der Waals surface area contributed by atoms with Gasteiger partial charge in [-0.25, -0.2) is 4.98 Å². The van der Waals surface area contributed by atoms with Crippen molar-refractivity contribution in [1.82, 2.24) is 20.0 Å². The molecule has 0 unspecified atom stereocenters. The number of aliphatic hydroxyl groups is 1. The van der Waals surface area contributed by atoms with E-state index in [-0.39, 0.29) is 5.13 Å². The average Bonchev–Trinajstić information content (AvgIpc) is 2.82. The molecule has 2 aromatic rings. The van der Waals surface area contributed by atoms with Crippen LogP contribution < -0.4 is 0 Å². The van der Waals surface area contributed by atoms with Gasteiger partial charge in [-0.3, -0.25) is 0 Å². The fraction of sp³-hybridized carbons (Fsp3) is 0.444. The molecule has 0 aliphatic rings. The number of nitrogens with zero attached hydrogens (tertiary/aromatic N) is 4. The highest BCUT2D eigenvalue weighted by molar-refractivity contribution is 7.14. The molecule has 5 nitrogen and oxygen atoms in total. The van der Waals surface area contributed by atoms with Crippen molar-refractivity contribution in [3.63, 3.8) is 0 Å². The molecule has 0 bridgehead atoms. The van der Waals surface area contributed by atoms with E-state index in [9.17, 15) is 13.2 Å². The van der Waals surface area contributed by atoms with Crippen LogP contribution in [0.25, 0.3) is 5.13 Å². The fourth-order valence-electron chi connectivity index (χ4n) is 1.38. The lowest BCUT2D eigenvalue weighted by Crippen LogP contribution is -2.15. The molecule has 0 spiro atoms. The van der Waals surface area contributed by atoms with E-state index in [2.05, 4.69) is 15.3 Å². The predicted octanol–water partition coefficient (Wildman–Crippen LogP) is 1.85. The summed E-state index contributed by atoms with van der Waals surface area (Å²) in [6.45, 7) is 2.64. The quantitative estimate of drug-likeness (QED) is 0.910. The number of hydrogen-bond acceptors (Lipinski definition) is 5. The summed E-state index contributed by atoms with van der Waals surface area (Å²) in [4.78, 5) is 4.80. The molecule has 0 aliphatic heterocycles. The Morgan fingerprint density at radius 3 is 2.44 bits per heavy atom. The zero-order chi connectivity index (χ0) is 13.5. The molecule has 1 N–H and O–H groups in total. The maximum atomic E-state index is 12.9. The van der Waals surface area contributed by atoms with Crippen molar-refractivity contribution in [2.75, 3.05) is 0 Å². The van der Waals surface area contributed by atoms with E-state index in [0.717, 1.165) is 16.2 Å². The van der Waals surface area contributed by atoms with E-state index in [4.69, 9.17) is 5.11 Å². The van der Waals surface area contributed by atoms with Crippen molar-refractivity contribution in [1.29, 1.82) is 0 Å². The first-order valence-corrected chi connectivity index (χ1v) is 5.73. The Kier molecular flexibility index (Phi) is 3.11. The van der Waals surface area contributed by atoms with Crippen LogP contribution >= 0.6 is 11.3 Å². The lowest BCUT2D eigenvalue weighted by atomic mass is 10.3. The van der Waals surface area contributed by atoms with Gasteiger partial charge in [0.1, 0.15) is 5.69 Å². The van der Waals surface area contributed by atoms with Gasteiger partial charge in [-0.2, -0.15) is 17.9 Å². The number of halogens is 3. The average molecular weight is 278 g/mol. The summed E-state index contributed by atoms with van der Waals surface area (Å²) in [6.07, 6.45) is -4.64. The van der Waals surface area contributed by atoms with E-state index in [1.165, 1.54) is 0 Å². The van der Waals surface area contributed by atoms with Gasteiger partial charge in [0.2, 0.25) is 5.13 Å². The molecule has 18 heavy (non-hydrogen) atoms. The predicted molar refractivity (Wildman–Crippen MR) is 57.4 cm³/mol. The molecule has 2 aromatic heterocycles. The molecule has 0 aliphatic carbocycles. The lowest BCUT2D eigenvalue weighted by molar-refractivity contribution is -0.143. The summed E-state index contributed by atoms with van der Waals surface area (Å²) < 4.78 is 39.3. The number of aryl methyl sites for hydroxylation is 2. The summed E-state index contributed by atoms with van der Waals surface area (Å²) in [5, 5.41) is 15.7. The zero-order valence-electron chi connectivity index (χ0n) is 9.49. The number of thiazole rings is 1. The fourth-order valence-corrected chi connectivity index (χ4v) is 2.25. The van der Waals surface area contributed by atoms with Gasteiger partial charge in [0.15, 0.2) is 5.69 Å². The lowest BCUT2D eigenvalue weighted by Gasteiger charge is -2.08. The molecule has 2 heterocycles. The topological polar surface area (TPSA) is 63.8 Å². The summed E-state index contributed by atoms with van der Waals surface area (Å²) in [5.41, 5.74) is -0.948. The van der Waals surface area contributed by atoms with E-state index in [1.807, 2.05) is 0 Å². The van der Waals surface area contributed by atoms with Crippen LogP contribution in [-0.2, 0) is 12.8 Å². The molecule has 9 heteroatoms. The second kappa shape index (κ2) is 4.32. The molecule has 0 atom stereocenters. The van der Waals surface area contributed by atoms with Gasteiger partial charge in [-0.1, -0.05) is 16.6 Å². The van der Waals surface area contributed by atoms with Crippen LogP contribution in [0.15, 0.2) is 0 Å². The molecular weight excluding hydrogens is 269 g/mol. The van der Waals surface area contributed by atoms with Gasteiger partial charge in [0.05, 0.1) is 12.3 Å². The van der Waals surface area contributed by atoms with Crippen LogP contribution in [0.1, 0.15) is 22.0 Å². The van der Waals surface area contributed by atoms with Gasteiger partial charge < -0.3 is 5.11 Å². The Hall–Kier alpha value is -1.48. The van der Waals surface area contributed by atoms with E-state index < -0.39 is 24.2 Å². The highest BCUT2D eigenvalue weighted by Gasteiger charge is 2.40. The molecule has 0 fully saturated rings. The van der Waals surface area contributed by atoms with Crippen LogP contribution in [0.2, 0.25) is 0 Å².